The van der Waals surface area contributed by atoms with Crippen molar-refractivity contribution >= 4 is 129 Å². The van der Waals surface area contributed by atoms with Crippen molar-refractivity contribution in [3.8, 4) is 17.1 Å². The molecule has 11 unspecified atom stereocenters. The maximum absolute atomic E-state index is 14.7. The molecule has 9 rings (SSSR count). The number of aromatic nitrogens is 4. The Morgan fingerprint density at radius 1 is 0.599 bits per heavy atom. The summed E-state index contributed by atoms with van der Waals surface area (Å²) in [6.45, 7) is 18.0. The van der Waals surface area contributed by atoms with Crippen molar-refractivity contribution in [1.29, 1.82) is 10.8 Å². The zero-order valence-corrected chi connectivity index (χ0v) is 87.1. The van der Waals surface area contributed by atoms with Crippen LogP contribution in [0.4, 0.5) is 0 Å². The van der Waals surface area contributed by atoms with Crippen LogP contribution in [0.5, 0.6) is 5.75 Å². The second kappa shape index (κ2) is 56.4. The van der Waals surface area contributed by atoms with E-state index in [1.165, 1.54) is 24.5 Å². The largest absolute Gasteiger partial charge is 0.458 e. The number of rotatable bonds is 57. The number of likely N-dealkylation sites (N-methyl/N-ethyl adjacent to an activating group) is 1. The van der Waals surface area contributed by atoms with Crippen LogP contribution in [-0.2, 0) is 113 Å². The highest BCUT2D eigenvalue weighted by Crippen LogP contribution is 2.42. The summed E-state index contributed by atoms with van der Waals surface area (Å²) in [5.74, 6) is -13.1. The number of imide groups is 1. The van der Waals surface area contributed by atoms with Crippen molar-refractivity contribution in [2.75, 3.05) is 58.6 Å². The van der Waals surface area contributed by atoms with Crippen LogP contribution in [0, 0.1) is 58.2 Å². The molecule has 46 nitrogen and oxygen atoms in total. The minimum atomic E-state index is -1.96. The number of nitrogens with zero attached hydrogens (tertiary/aromatic N) is 4. The van der Waals surface area contributed by atoms with Crippen molar-refractivity contribution in [3.63, 3.8) is 0 Å². The number of aryl methyl sites for hydroxylation is 1. The highest BCUT2D eigenvalue weighted by Gasteiger charge is 2.48. The Kier molecular flexibility index (Phi) is 45.2. The van der Waals surface area contributed by atoms with Gasteiger partial charge in [0.15, 0.2) is 17.5 Å². The van der Waals surface area contributed by atoms with Gasteiger partial charge in [-0.05, 0) is 220 Å². The van der Waals surface area contributed by atoms with Crippen LogP contribution in [-0.4, -0.2) is 260 Å². The van der Waals surface area contributed by atoms with E-state index in [2.05, 4.69) is 84.4 Å². The van der Waals surface area contributed by atoms with Crippen molar-refractivity contribution in [1.82, 2.24) is 98.9 Å². The van der Waals surface area contributed by atoms with Crippen LogP contribution in [0.3, 0.4) is 0 Å². The number of carbonyl (C=O) groups is 16. The zero-order chi connectivity index (χ0) is 108. The molecule has 3 aromatic heterocycles. The summed E-state index contributed by atoms with van der Waals surface area (Å²) >= 11 is 1.04. The normalized spacial score (nSPS) is 19.4. The minimum Gasteiger partial charge on any atom is -0.458 e. The Morgan fingerprint density at radius 2 is 1.12 bits per heavy atom. The van der Waals surface area contributed by atoms with Crippen LogP contribution in [0.25, 0.3) is 22.3 Å². The Balaban J connectivity index is 0.733. The number of carbonyl (C=O) groups excluding carboxylic acids is 16. The number of aliphatic hydroxyl groups is 1. The number of H-pyrrole nitrogens is 1. The van der Waals surface area contributed by atoms with Crippen molar-refractivity contribution in [3.05, 3.63) is 75.1 Å². The molecule has 2 aliphatic carbocycles. The summed E-state index contributed by atoms with van der Waals surface area (Å²) in [6.07, 6.45) is 9.66. The number of esters is 2. The molecule has 1 saturated heterocycles. The number of unbranched alkanes of at least 4 members (excludes halogenated alkanes) is 2. The quantitative estimate of drug-likeness (QED) is 0.00601. The summed E-state index contributed by atoms with van der Waals surface area (Å²) in [5, 5.41) is 64.7. The molecule has 0 spiro atoms. The Labute approximate surface area is 860 Å². The molecule has 3 aliphatic heterocycles. The average Bonchev–Trinajstić information content (AvgIpc) is 1.56. The number of benzene rings is 1. The highest BCUT2D eigenvalue weighted by atomic mass is 32.2. The third-order valence-electron chi connectivity index (χ3n) is 27.6. The van der Waals surface area contributed by atoms with Gasteiger partial charge in [-0.3, -0.25) is 92.4 Å². The standard InChI is InChI=1S/C100H154N26O20S/c1-12-62-63-41-61(32-33-68(63)116-82-64(62)48-125-76(82)42-66-65(94(125)140)49-145-97(143)100(66,144)13-2)146-96(142)59-30-24-56(25-31-59)44-112-83(129)58-28-26-57(27-29-58)47-126-79(128)43-77(95(126)141)147-50-67(103)84(130)123-81(55(9)10)93(139)120-71(21-15-17-35-102)86(132)117-69(22-18-36-110-98(104)105)85(131)113-46-78(127)115-73(38-52(3)4)89(135)118-70(20-14-16-34-101)87(133)121-74(39-53(5)6)90(136)119-72(23-19-37-111-99(106)107)88(134)122-75(40-60-45-109-51-114-60)91(137)124-80(54(7)8)92(138)108-11/h32-33,41-42,45,51-59,67,69-75,77,80-81,144H,12-31,34-40,43-44,46-50,101-103H2,1-11H3,(H,108,138)(H,109,114)(H,112,129)(H,113,131)(H,115,127)(H,117,132)(H,118,135)(H,119,136)(H,120,139)(H,121,133)(H,122,134)(H,123,130)(H,124,137)(H4,104,105,110)(H4,106,107,111)/t56-,57-,58-,59-,67?,69?,70?,71?,72?,73?,74?,75?,77?,80?,81?,100-/m0/s1. The van der Waals surface area contributed by atoms with Gasteiger partial charge in [-0.15, -0.1) is 11.8 Å². The summed E-state index contributed by atoms with van der Waals surface area (Å²) in [7, 11) is 1.42. The number of hydrogen-bond acceptors (Lipinski definition) is 28. The van der Waals surface area contributed by atoms with Gasteiger partial charge in [0.2, 0.25) is 82.7 Å². The Hall–Kier alpha value is -12.8. The molecule has 4 aromatic rings. The molecule has 0 bridgehead atoms. The molecule has 47 heteroatoms. The minimum absolute atomic E-state index is 0.00350. The molecule has 6 heterocycles. The van der Waals surface area contributed by atoms with Gasteiger partial charge < -0.3 is 127 Å². The van der Waals surface area contributed by atoms with Crippen molar-refractivity contribution in [2.24, 2.45) is 76.0 Å². The lowest BCUT2D eigenvalue weighted by Gasteiger charge is -2.31. The van der Waals surface area contributed by atoms with E-state index in [0.29, 0.717) is 118 Å². The van der Waals surface area contributed by atoms with Crippen LogP contribution in [0.15, 0.2) is 41.6 Å². The van der Waals surface area contributed by atoms with Crippen LogP contribution in [0.2, 0.25) is 0 Å². The van der Waals surface area contributed by atoms with Gasteiger partial charge in [-0.25, -0.2) is 14.8 Å². The fourth-order valence-corrected chi connectivity index (χ4v) is 20.3. The van der Waals surface area contributed by atoms with Gasteiger partial charge in [0.25, 0.3) is 5.56 Å². The molecular weight excluding hydrogens is 1920 g/mol. The summed E-state index contributed by atoms with van der Waals surface area (Å²) in [6, 6.07) is -6.00. The third kappa shape index (κ3) is 33.4. The number of likely N-dealkylation sites (tertiary alicyclic amines) is 1. The summed E-state index contributed by atoms with van der Waals surface area (Å²) < 4.78 is 12.9. The molecule has 1 aromatic carbocycles. The van der Waals surface area contributed by atoms with Gasteiger partial charge in [0.05, 0.1) is 59.1 Å². The number of nitrogens with two attached hydrogens (primary N) is 5. The van der Waals surface area contributed by atoms with Crippen molar-refractivity contribution in [2.45, 2.75) is 308 Å². The first-order chi connectivity index (χ1) is 69.9. The Bertz CT molecular complexity index is 5390. The van der Waals surface area contributed by atoms with Crippen molar-refractivity contribution < 1.29 is 91.3 Å². The molecule has 3 fully saturated rings. The molecule has 28 N–H and O–H groups in total. The number of hydrogen-bond donors (Lipinski definition) is 23. The fraction of sp³-hybridized carbons (Fsp3) is 0.650. The summed E-state index contributed by atoms with van der Waals surface area (Å²) in [4.78, 5) is 251. The van der Waals surface area contributed by atoms with E-state index in [4.69, 9.17) is 53.9 Å². The number of cyclic esters (lactones) is 1. The van der Waals surface area contributed by atoms with E-state index in [-0.39, 0.29) is 210 Å². The van der Waals surface area contributed by atoms with Crippen LogP contribution < -0.4 is 113 Å². The lowest BCUT2D eigenvalue weighted by molar-refractivity contribution is -0.172. The molecule has 2 saturated carbocycles. The molecule has 12 atom stereocenters. The topological polar surface area (TPSA) is 725 Å². The zero-order valence-electron chi connectivity index (χ0n) is 86.3. The molecule has 810 valence electrons. The maximum atomic E-state index is 14.7. The van der Waals surface area contributed by atoms with E-state index in [0.717, 1.165) is 28.3 Å². The molecule has 147 heavy (non-hydrogen) atoms. The second-order valence-corrected chi connectivity index (χ2v) is 41.7. The molecular formula is C100H154N26O20S. The number of aromatic amines is 1. The predicted octanol–water partition coefficient (Wildman–Crippen LogP) is -0.156. The van der Waals surface area contributed by atoms with E-state index in [1.807, 2.05) is 6.92 Å². The number of fused-ring (bicyclic) bond motifs is 5. The highest BCUT2D eigenvalue weighted by molar-refractivity contribution is 8.00. The smallest absolute Gasteiger partial charge is 0.343 e. The summed E-state index contributed by atoms with van der Waals surface area (Å²) in [5.41, 5.74) is 31.4. The number of imidazole rings is 1. The number of amides is 14. The SMILES string of the molecule is CCc1c2c(nc3ccc(OC(=O)[C@H]4CC[C@H](CNC(=O)[C@H]5CC[C@H](CN6C(=O)CC(SCC(N)C(=O)NC(C(=O)NC(CCCCN)C(=O)NC(CCCNC(=N)N)C(=O)NCC(=O)NC(CC(C)C)C(=O)NC(CCCCN)C(=O)NC(CC(C)C)C(=O)NC(CCCNC(=N)N)C(=O)NC(Cc7cnc[nH]7)C(=O)NC(C(=O)NC)C(C)C)C(C)C)C6=O)CC5)CC4)cc13)-c1cc3c(c(=O)n1C2)COC(=O)[C@]3(O)CC. The fourth-order valence-electron chi connectivity index (χ4n) is 19.2. The van der Waals surface area contributed by atoms with Crippen LogP contribution >= 0.6 is 11.8 Å². The number of pyridine rings is 2. The first-order valence-corrected chi connectivity index (χ1v) is 52.5. The average molecular weight is 2070 g/mol. The number of guanidine groups is 2. The monoisotopic (exact) mass is 2070 g/mol. The van der Waals surface area contributed by atoms with E-state index < -0.39 is 161 Å². The van der Waals surface area contributed by atoms with Gasteiger partial charge in [-0.1, -0.05) is 69.2 Å². The van der Waals surface area contributed by atoms with Gasteiger partial charge in [0, 0.05) is 86.1 Å². The second-order valence-electron chi connectivity index (χ2n) is 40.5. The predicted molar refractivity (Wildman–Crippen MR) is 548 cm³/mol. The van der Waals surface area contributed by atoms with E-state index in [9.17, 15) is 86.6 Å². The molecule has 14 amide bonds. The third-order valence-corrected chi connectivity index (χ3v) is 29.0. The Morgan fingerprint density at radius 3 is 1.65 bits per heavy atom. The first kappa shape index (κ1) is 118. The van der Waals surface area contributed by atoms with E-state index in [1.54, 1.807) is 91.1 Å². The van der Waals surface area contributed by atoms with Gasteiger partial charge in [-0.2, -0.15) is 0 Å². The van der Waals surface area contributed by atoms with Gasteiger partial charge >= 0.3 is 11.9 Å². The van der Waals surface area contributed by atoms with Gasteiger partial charge in [0.1, 0.15) is 66.7 Å². The van der Waals surface area contributed by atoms with Crippen LogP contribution in [0.1, 0.15) is 238 Å². The lowest BCUT2D eigenvalue weighted by Crippen LogP contribution is -2.60. The lowest BCUT2D eigenvalue weighted by atomic mass is 9.80. The van der Waals surface area contributed by atoms with E-state index >= 15 is 0 Å². The number of ether oxygens (including phenoxy) is 2. The number of thioether (sulfide) groups is 1. The molecule has 0 radical (unpaired) electrons. The number of nitrogens with one attached hydrogen (secondary N) is 17. The first-order valence-electron chi connectivity index (χ1n) is 51.5. The molecule has 5 aliphatic rings. The maximum Gasteiger partial charge on any atom is 0.343 e.